The van der Waals surface area contributed by atoms with Crippen LogP contribution < -0.4 is 10.6 Å². The fraction of sp³-hybridized carbons (Fsp3) is 0.696. The lowest BCUT2D eigenvalue weighted by atomic mass is 10.1. The highest BCUT2D eigenvalue weighted by atomic mass is 16.5. The molecule has 2 atom stereocenters. The molecular formula is C23H39N5O2. The Kier molecular flexibility index (Phi) is 9.39. The van der Waals surface area contributed by atoms with Crippen molar-refractivity contribution in [3.05, 3.63) is 35.4 Å². The molecular weight excluding hydrogens is 378 g/mol. The van der Waals surface area contributed by atoms with Gasteiger partial charge in [-0.15, -0.1) is 0 Å². The highest BCUT2D eigenvalue weighted by molar-refractivity contribution is 5.79. The van der Waals surface area contributed by atoms with Crippen molar-refractivity contribution in [3.63, 3.8) is 0 Å². The van der Waals surface area contributed by atoms with Gasteiger partial charge in [-0.05, 0) is 31.4 Å². The summed E-state index contributed by atoms with van der Waals surface area (Å²) in [5.74, 6) is 0.861. The van der Waals surface area contributed by atoms with Gasteiger partial charge in [0, 0.05) is 59.4 Å². The Morgan fingerprint density at radius 2 is 1.73 bits per heavy atom. The first kappa shape index (κ1) is 23.0. The van der Waals surface area contributed by atoms with Crippen molar-refractivity contribution >= 4 is 5.96 Å². The standard InChI is InChI=1S/C23H39N5O2/c1-19-16-28(17-20(2)30-19)10-6-9-25-23(24-3)26-15-21-7-4-5-8-22(21)18-27-11-13-29-14-12-27/h4-5,7-8,19-20H,6,9-18H2,1-3H3,(H2,24,25,26). The van der Waals surface area contributed by atoms with Gasteiger partial charge in [0.25, 0.3) is 0 Å². The van der Waals surface area contributed by atoms with Crippen molar-refractivity contribution in [2.45, 2.75) is 45.6 Å². The molecule has 0 radical (unpaired) electrons. The number of ether oxygens (including phenoxy) is 2. The molecule has 0 aliphatic carbocycles. The van der Waals surface area contributed by atoms with Crippen molar-refractivity contribution in [2.24, 2.45) is 4.99 Å². The molecule has 0 spiro atoms. The number of nitrogens with zero attached hydrogens (tertiary/aromatic N) is 3. The molecule has 2 saturated heterocycles. The normalized spacial score (nSPS) is 24.0. The SMILES string of the molecule is CN=C(NCCCN1CC(C)OC(C)C1)NCc1ccccc1CN1CCOCC1. The molecule has 2 unspecified atom stereocenters. The van der Waals surface area contributed by atoms with E-state index >= 15 is 0 Å². The molecule has 30 heavy (non-hydrogen) atoms. The summed E-state index contributed by atoms with van der Waals surface area (Å²) in [5.41, 5.74) is 2.70. The molecule has 0 amide bonds. The molecule has 0 saturated carbocycles. The number of morpholine rings is 2. The van der Waals surface area contributed by atoms with Crippen LogP contribution in [-0.4, -0.2) is 87.5 Å². The van der Waals surface area contributed by atoms with Gasteiger partial charge in [0.15, 0.2) is 5.96 Å². The molecule has 2 aliphatic heterocycles. The summed E-state index contributed by atoms with van der Waals surface area (Å²) in [6.45, 7) is 13.8. The Morgan fingerprint density at radius 1 is 1.03 bits per heavy atom. The van der Waals surface area contributed by atoms with E-state index in [4.69, 9.17) is 9.47 Å². The van der Waals surface area contributed by atoms with E-state index in [1.54, 1.807) is 0 Å². The van der Waals surface area contributed by atoms with E-state index in [1.807, 2.05) is 7.05 Å². The van der Waals surface area contributed by atoms with Gasteiger partial charge in [-0.1, -0.05) is 24.3 Å². The molecule has 2 aliphatic rings. The van der Waals surface area contributed by atoms with Crippen LogP contribution in [0.1, 0.15) is 31.4 Å². The minimum atomic E-state index is 0.327. The van der Waals surface area contributed by atoms with Gasteiger partial charge in [-0.3, -0.25) is 14.8 Å². The zero-order chi connectivity index (χ0) is 21.2. The number of aliphatic imine (C=N–C) groups is 1. The van der Waals surface area contributed by atoms with E-state index in [2.05, 4.69) is 63.5 Å². The molecule has 1 aromatic rings. The third-order valence-electron chi connectivity index (χ3n) is 5.72. The number of rotatable bonds is 8. The van der Waals surface area contributed by atoms with Crippen LogP contribution in [0.25, 0.3) is 0 Å². The van der Waals surface area contributed by atoms with E-state index in [1.165, 1.54) is 11.1 Å². The van der Waals surface area contributed by atoms with Gasteiger partial charge in [0.05, 0.1) is 25.4 Å². The minimum Gasteiger partial charge on any atom is -0.379 e. The summed E-state index contributed by atoms with van der Waals surface area (Å²) in [4.78, 5) is 9.35. The summed E-state index contributed by atoms with van der Waals surface area (Å²) < 4.78 is 11.3. The molecule has 0 bridgehead atoms. The zero-order valence-corrected chi connectivity index (χ0v) is 18.9. The molecule has 2 N–H and O–H groups in total. The van der Waals surface area contributed by atoms with Gasteiger partial charge in [-0.2, -0.15) is 0 Å². The highest BCUT2D eigenvalue weighted by Crippen LogP contribution is 2.13. The number of guanidine groups is 1. The molecule has 7 nitrogen and oxygen atoms in total. The van der Waals surface area contributed by atoms with Gasteiger partial charge >= 0.3 is 0 Å². The molecule has 2 heterocycles. The molecule has 7 heteroatoms. The average molecular weight is 418 g/mol. The fourth-order valence-electron chi connectivity index (χ4n) is 4.26. The first-order chi connectivity index (χ1) is 14.6. The fourth-order valence-corrected chi connectivity index (χ4v) is 4.26. The Bertz CT molecular complexity index is 653. The third kappa shape index (κ3) is 7.54. The molecule has 0 aromatic heterocycles. The monoisotopic (exact) mass is 417 g/mol. The van der Waals surface area contributed by atoms with Crippen LogP contribution in [0.2, 0.25) is 0 Å². The molecule has 168 valence electrons. The summed E-state index contributed by atoms with van der Waals surface area (Å²) >= 11 is 0. The largest absolute Gasteiger partial charge is 0.379 e. The van der Waals surface area contributed by atoms with Crippen LogP contribution >= 0.6 is 0 Å². The lowest BCUT2D eigenvalue weighted by molar-refractivity contribution is -0.0679. The Labute approximate surface area is 181 Å². The van der Waals surface area contributed by atoms with Crippen LogP contribution in [-0.2, 0) is 22.6 Å². The van der Waals surface area contributed by atoms with Gasteiger partial charge in [0.1, 0.15) is 0 Å². The maximum atomic E-state index is 5.81. The summed E-state index contributed by atoms with van der Waals surface area (Å²) in [7, 11) is 1.83. The lowest BCUT2D eigenvalue weighted by Gasteiger charge is -2.35. The lowest BCUT2D eigenvalue weighted by Crippen LogP contribution is -2.46. The van der Waals surface area contributed by atoms with Crippen molar-refractivity contribution < 1.29 is 9.47 Å². The van der Waals surface area contributed by atoms with E-state index < -0.39 is 0 Å². The van der Waals surface area contributed by atoms with Crippen LogP contribution in [0.5, 0.6) is 0 Å². The van der Waals surface area contributed by atoms with E-state index in [-0.39, 0.29) is 0 Å². The maximum Gasteiger partial charge on any atom is 0.191 e. The number of benzene rings is 1. The average Bonchev–Trinajstić information content (AvgIpc) is 2.74. The summed E-state index contributed by atoms with van der Waals surface area (Å²) in [6, 6.07) is 8.67. The second-order valence-electron chi connectivity index (χ2n) is 8.38. The predicted molar refractivity (Wildman–Crippen MR) is 122 cm³/mol. The zero-order valence-electron chi connectivity index (χ0n) is 18.9. The van der Waals surface area contributed by atoms with Crippen LogP contribution in [0, 0.1) is 0 Å². The predicted octanol–water partition coefficient (Wildman–Crippen LogP) is 1.68. The van der Waals surface area contributed by atoms with Gasteiger partial charge in [-0.25, -0.2) is 0 Å². The van der Waals surface area contributed by atoms with Crippen LogP contribution in [0.3, 0.4) is 0 Å². The molecule has 2 fully saturated rings. The summed E-state index contributed by atoms with van der Waals surface area (Å²) in [5, 5.41) is 6.93. The van der Waals surface area contributed by atoms with Crippen molar-refractivity contribution in [1.29, 1.82) is 0 Å². The second kappa shape index (κ2) is 12.2. The number of hydrogen-bond donors (Lipinski definition) is 2. The second-order valence-corrected chi connectivity index (χ2v) is 8.38. The maximum absolute atomic E-state index is 5.81. The van der Waals surface area contributed by atoms with Crippen molar-refractivity contribution in [1.82, 2.24) is 20.4 Å². The Balaban J connectivity index is 1.40. The van der Waals surface area contributed by atoms with Gasteiger partial charge in [0.2, 0.25) is 0 Å². The van der Waals surface area contributed by atoms with Crippen LogP contribution in [0.15, 0.2) is 29.3 Å². The smallest absolute Gasteiger partial charge is 0.191 e. The Morgan fingerprint density at radius 3 is 2.43 bits per heavy atom. The topological polar surface area (TPSA) is 61.4 Å². The van der Waals surface area contributed by atoms with E-state index in [0.29, 0.717) is 12.2 Å². The van der Waals surface area contributed by atoms with Crippen molar-refractivity contribution in [3.8, 4) is 0 Å². The van der Waals surface area contributed by atoms with Crippen molar-refractivity contribution in [2.75, 3.05) is 59.5 Å². The number of nitrogens with one attached hydrogen (secondary N) is 2. The van der Waals surface area contributed by atoms with E-state index in [0.717, 1.165) is 78.0 Å². The highest BCUT2D eigenvalue weighted by Gasteiger charge is 2.21. The third-order valence-corrected chi connectivity index (χ3v) is 5.72. The number of hydrogen-bond acceptors (Lipinski definition) is 5. The quantitative estimate of drug-likeness (QED) is 0.381. The first-order valence-electron chi connectivity index (χ1n) is 11.3. The first-order valence-corrected chi connectivity index (χ1v) is 11.3. The van der Waals surface area contributed by atoms with E-state index in [9.17, 15) is 0 Å². The minimum absolute atomic E-state index is 0.327. The molecule has 1 aromatic carbocycles. The van der Waals surface area contributed by atoms with Gasteiger partial charge < -0.3 is 20.1 Å². The summed E-state index contributed by atoms with van der Waals surface area (Å²) in [6.07, 6.45) is 1.75. The molecule has 3 rings (SSSR count). The van der Waals surface area contributed by atoms with Crippen LogP contribution in [0.4, 0.5) is 0 Å². The Hall–Kier alpha value is -1.67.